The Morgan fingerprint density at radius 3 is 2.86 bits per heavy atom. The normalized spacial score (nSPS) is 11.0. The number of pyridine rings is 1. The summed E-state index contributed by atoms with van der Waals surface area (Å²) in [6, 6.07) is 1.68. The Bertz CT molecular complexity index is 718. The average Bonchev–Trinajstić information content (AvgIpc) is 2.83. The van der Waals surface area contributed by atoms with Crippen LogP contribution in [0.3, 0.4) is 0 Å². The third-order valence-electron chi connectivity index (χ3n) is 2.89. The highest BCUT2D eigenvalue weighted by Crippen LogP contribution is 2.21. The molecule has 2 aromatic rings. The van der Waals surface area contributed by atoms with Crippen molar-refractivity contribution in [2.45, 2.75) is 13.8 Å². The summed E-state index contributed by atoms with van der Waals surface area (Å²) in [6.45, 7) is 3.78. The molecule has 2 heterocycles. The summed E-state index contributed by atoms with van der Waals surface area (Å²) < 4.78 is 5.08. The Hall–Kier alpha value is -2.70. The molecule has 0 spiro atoms. The van der Waals surface area contributed by atoms with Crippen LogP contribution in [0, 0.1) is 13.8 Å². The zero-order chi connectivity index (χ0) is 15.4. The van der Waals surface area contributed by atoms with Crippen molar-refractivity contribution in [1.29, 1.82) is 0 Å². The fraction of sp³-hybridized carbons (Fsp3) is 0.286. The standard InChI is InChI=1S/C14H16N4O3/c1-8-7-10(12-9(2)18-21-14(12)17-8)13(20)16-6-4-5-11(19)15-3/h4-5,7H,6H2,1-3H3,(H,15,19)(H,16,20). The molecule has 0 aliphatic heterocycles. The van der Waals surface area contributed by atoms with Gasteiger partial charge in [-0.15, -0.1) is 0 Å². The van der Waals surface area contributed by atoms with Gasteiger partial charge in [0.05, 0.1) is 16.6 Å². The maximum absolute atomic E-state index is 12.2. The van der Waals surface area contributed by atoms with Gasteiger partial charge in [-0.3, -0.25) is 9.59 Å². The second-order valence-corrected chi connectivity index (χ2v) is 4.49. The third-order valence-corrected chi connectivity index (χ3v) is 2.89. The predicted molar refractivity (Wildman–Crippen MR) is 76.8 cm³/mol. The van der Waals surface area contributed by atoms with E-state index in [4.69, 9.17) is 4.52 Å². The van der Waals surface area contributed by atoms with Crippen LogP contribution in [-0.2, 0) is 4.79 Å². The van der Waals surface area contributed by atoms with E-state index in [-0.39, 0.29) is 18.4 Å². The van der Waals surface area contributed by atoms with Crippen LogP contribution in [0.5, 0.6) is 0 Å². The molecule has 21 heavy (non-hydrogen) atoms. The molecule has 0 radical (unpaired) electrons. The highest BCUT2D eigenvalue weighted by molar-refractivity contribution is 6.06. The number of aryl methyl sites for hydroxylation is 2. The van der Waals surface area contributed by atoms with E-state index in [0.29, 0.717) is 28.1 Å². The van der Waals surface area contributed by atoms with Gasteiger partial charge in [-0.1, -0.05) is 11.2 Å². The average molecular weight is 288 g/mol. The first-order valence-electron chi connectivity index (χ1n) is 6.43. The van der Waals surface area contributed by atoms with Gasteiger partial charge >= 0.3 is 0 Å². The molecule has 2 rings (SSSR count). The van der Waals surface area contributed by atoms with Crippen molar-refractivity contribution in [3.8, 4) is 0 Å². The van der Waals surface area contributed by atoms with Gasteiger partial charge in [0.25, 0.3) is 11.6 Å². The summed E-state index contributed by atoms with van der Waals surface area (Å²) in [7, 11) is 1.54. The Labute approximate surface area is 121 Å². The Balaban J connectivity index is 2.18. The number of nitrogens with one attached hydrogen (secondary N) is 2. The molecule has 0 saturated carbocycles. The van der Waals surface area contributed by atoms with Crippen LogP contribution < -0.4 is 10.6 Å². The van der Waals surface area contributed by atoms with Crippen molar-refractivity contribution in [3.05, 3.63) is 35.2 Å². The summed E-state index contributed by atoms with van der Waals surface area (Å²) in [4.78, 5) is 27.4. The molecule has 0 fully saturated rings. The van der Waals surface area contributed by atoms with Crippen LogP contribution in [0.25, 0.3) is 11.1 Å². The van der Waals surface area contributed by atoms with Crippen molar-refractivity contribution in [2.75, 3.05) is 13.6 Å². The smallest absolute Gasteiger partial charge is 0.258 e. The predicted octanol–water partition coefficient (Wildman–Crippen LogP) is 0.872. The van der Waals surface area contributed by atoms with Crippen molar-refractivity contribution in [1.82, 2.24) is 20.8 Å². The maximum atomic E-state index is 12.2. The van der Waals surface area contributed by atoms with Gasteiger partial charge in [0.15, 0.2) is 0 Å². The molecule has 7 nitrogen and oxygen atoms in total. The number of nitrogens with zero attached hydrogens (tertiary/aromatic N) is 2. The molecule has 0 bridgehead atoms. The van der Waals surface area contributed by atoms with E-state index in [1.807, 2.05) is 0 Å². The van der Waals surface area contributed by atoms with Gasteiger partial charge in [-0.25, -0.2) is 4.98 Å². The lowest BCUT2D eigenvalue weighted by Gasteiger charge is -2.04. The number of hydrogen-bond acceptors (Lipinski definition) is 5. The SMILES string of the molecule is CNC(=O)C=CCNC(=O)c1cc(C)nc2onc(C)c12. The summed E-state index contributed by atoms with van der Waals surface area (Å²) in [5.41, 5.74) is 2.09. The highest BCUT2D eigenvalue weighted by Gasteiger charge is 2.17. The molecule has 0 aliphatic rings. The summed E-state index contributed by atoms with van der Waals surface area (Å²) in [5.74, 6) is -0.486. The largest absolute Gasteiger partial charge is 0.356 e. The van der Waals surface area contributed by atoms with Gasteiger partial charge in [0.1, 0.15) is 0 Å². The quantitative estimate of drug-likeness (QED) is 0.814. The summed E-state index contributed by atoms with van der Waals surface area (Å²) in [6.07, 6.45) is 2.93. The molecule has 0 saturated heterocycles. The number of rotatable bonds is 4. The number of carbonyl (C=O) groups excluding carboxylic acids is 2. The van der Waals surface area contributed by atoms with Gasteiger partial charge in [0.2, 0.25) is 5.91 Å². The number of carbonyl (C=O) groups is 2. The van der Waals surface area contributed by atoms with Crippen molar-refractivity contribution in [2.24, 2.45) is 0 Å². The Morgan fingerprint density at radius 2 is 2.14 bits per heavy atom. The molecule has 7 heteroatoms. The lowest BCUT2D eigenvalue weighted by molar-refractivity contribution is -0.116. The fourth-order valence-electron chi connectivity index (χ4n) is 1.89. The minimum Gasteiger partial charge on any atom is -0.356 e. The zero-order valence-corrected chi connectivity index (χ0v) is 12.1. The lowest BCUT2D eigenvalue weighted by Crippen LogP contribution is -2.24. The monoisotopic (exact) mass is 288 g/mol. The van der Waals surface area contributed by atoms with Gasteiger partial charge in [0, 0.05) is 25.4 Å². The van der Waals surface area contributed by atoms with E-state index >= 15 is 0 Å². The molecule has 2 amide bonds. The first-order chi connectivity index (χ1) is 10.0. The van der Waals surface area contributed by atoms with Crippen LogP contribution in [-0.4, -0.2) is 35.5 Å². The highest BCUT2D eigenvalue weighted by atomic mass is 16.5. The molecule has 0 aliphatic carbocycles. The molecule has 0 aromatic carbocycles. The molecule has 0 unspecified atom stereocenters. The van der Waals surface area contributed by atoms with Crippen LogP contribution in [0.1, 0.15) is 21.7 Å². The number of fused-ring (bicyclic) bond motifs is 1. The van der Waals surface area contributed by atoms with E-state index in [1.165, 1.54) is 13.1 Å². The van der Waals surface area contributed by atoms with Crippen LogP contribution in [0.2, 0.25) is 0 Å². The molecule has 2 aromatic heterocycles. The van der Waals surface area contributed by atoms with Gasteiger partial charge in [-0.05, 0) is 19.9 Å². The van der Waals surface area contributed by atoms with Crippen LogP contribution in [0.15, 0.2) is 22.7 Å². The summed E-state index contributed by atoms with van der Waals surface area (Å²) in [5, 5.41) is 9.60. The maximum Gasteiger partial charge on any atom is 0.258 e. The zero-order valence-electron chi connectivity index (χ0n) is 12.1. The number of aromatic nitrogens is 2. The topological polar surface area (TPSA) is 97.1 Å². The van der Waals surface area contributed by atoms with Crippen LogP contribution in [0.4, 0.5) is 0 Å². The van der Waals surface area contributed by atoms with Crippen molar-refractivity contribution < 1.29 is 14.1 Å². The minimum absolute atomic E-state index is 0.221. The lowest BCUT2D eigenvalue weighted by atomic mass is 10.1. The number of amides is 2. The van der Waals surface area contributed by atoms with E-state index < -0.39 is 0 Å². The van der Waals surface area contributed by atoms with E-state index in [0.717, 1.165) is 0 Å². The number of likely N-dealkylation sites (N-methyl/N-ethyl adjacent to an activating group) is 1. The third kappa shape index (κ3) is 3.25. The molecule has 2 N–H and O–H groups in total. The van der Waals surface area contributed by atoms with Crippen LogP contribution >= 0.6 is 0 Å². The first kappa shape index (κ1) is 14.7. The van der Waals surface area contributed by atoms with E-state index in [1.54, 1.807) is 26.0 Å². The van der Waals surface area contributed by atoms with Crippen molar-refractivity contribution in [3.63, 3.8) is 0 Å². The van der Waals surface area contributed by atoms with E-state index in [9.17, 15) is 9.59 Å². The molecule has 0 atom stereocenters. The second-order valence-electron chi connectivity index (χ2n) is 4.49. The van der Waals surface area contributed by atoms with Gasteiger partial charge < -0.3 is 15.2 Å². The molecular weight excluding hydrogens is 272 g/mol. The van der Waals surface area contributed by atoms with E-state index in [2.05, 4.69) is 20.8 Å². The van der Waals surface area contributed by atoms with Gasteiger partial charge in [-0.2, -0.15) is 0 Å². The number of hydrogen-bond donors (Lipinski definition) is 2. The first-order valence-corrected chi connectivity index (χ1v) is 6.43. The molecule has 110 valence electrons. The second kappa shape index (κ2) is 6.17. The minimum atomic E-state index is -0.265. The van der Waals surface area contributed by atoms with Crippen molar-refractivity contribution >= 4 is 22.9 Å². The molecular formula is C14H16N4O3. The Morgan fingerprint density at radius 1 is 1.38 bits per heavy atom. The Kier molecular flexibility index (Phi) is 4.32. The summed E-state index contributed by atoms with van der Waals surface area (Å²) >= 11 is 0. The fourth-order valence-corrected chi connectivity index (χ4v) is 1.89.